The van der Waals surface area contributed by atoms with Crippen LogP contribution in [-0.2, 0) is 52.0 Å². The molecule has 1 rings (SSSR count). The number of carbonyl (C=O) groups excluding carboxylic acids is 2. The van der Waals surface area contributed by atoms with Gasteiger partial charge in [-0.15, -0.1) is 0 Å². The maximum absolute atomic E-state index is 10.7. The van der Waals surface area contributed by atoms with Crippen molar-refractivity contribution >= 4 is 25.4 Å². The minimum absolute atomic E-state index is 0. The van der Waals surface area contributed by atoms with Crippen LogP contribution in [-0.4, -0.2) is 18.0 Å². The first-order chi connectivity index (χ1) is 5.09. The van der Waals surface area contributed by atoms with Gasteiger partial charge in [0.2, 0.25) is 0 Å². The van der Waals surface area contributed by atoms with Gasteiger partial charge in [0.05, 0.1) is 12.8 Å². The molecule has 1 fully saturated rings. The number of hydrogen-bond acceptors (Lipinski definition) is 7. The van der Waals surface area contributed by atoms with Gasteiger partial charge in [0, 0.05) is 0 Å². The standard InChI is InChI=1S/C5H7N2O4.H2S.Zn/c6-2-1-3(8)10-5(7)11-4(2)9;;/h2H,1,6-7H2;1H2;/q-1;;+2/p-1. The Balaban J connectivity index is 0. The Morgan fingerprint density at radius 3 is 2.46 bits per heavy atom. The van der Waals surface area contributed by atoms with Crippen LogP contribution in [0.15, 0.2) is 0 Å². The first kappa shape index (κ1) is 15.3. The summed E-state index contributed by atoms with van der Waals surface area (Å²) in [7, 11) is 0. The summed E-state index contributed by atoms with van der Waals surface area (Å²) in [6.07, 6.45) is -0.771. The molecule has 0 aliphatic carbocycles. The van der Waals surface area contributed by atoms with Crippen LogP contribution in [0.1, 0.15) is 6.42 Å². The smallest absolute Gasteiger partial charge is 0.813 e. The monoisotopic (exact) mass is 256 g/mol. The number of ether oxygens (including phenoxy) is 2. The quantitative estimate of drug-likeness (QED) is 0.169. The molecule has 1 atom stereocenters. The molecule has 1 aliphatic rings. The molecule has 0 aromatic carbocycles. The molecule has 1 saturated heterocycles. The first-order valence-corrected chi connectivity index (χ1v) is 2.90. The van der Waals surface area contributed by atoms with Gasteiger partial charge >= 0.3 is 19.5 Å². The molecule has 0 spiro atoms. The normalized spacial score (nSPS) is 23.1. The number of hydrogen-bond donors (Lipinski definition) is 2. The topological polar surface area (TPSA) is 105 Å². The van der Waals surface area contributed by atoms with Gasteiger partial charge in [0.1, 0.15) is 6.04 Å². The van der Waals surface area contributed by atoms with Crippen molar-refractivity contribution in [1.29, 1.82) is 0 Å². The summed E-state index contributed by atoms with van der Waals surface area (Å²) in [5.74, 6) is -1.42. The van der Waals surface area contributed by atoms with E-state index < -0.39 is 24.4 Å². The number of cyclic esters (lactones) is 2. The molecule has 6 nitrogen and oxygen atoms in total. The van der Waals surface area contributed by atoms with E-state index in [-0.39, 0.29) is 39.4 Å². The van der Waals surface area contributed by atoms with Gasteiger partial charge < -0.3 is 34.4 Å². The van der Waals surface area contributed by atoms with Gasteiger partial charge in [0.15, 0.2) is 0 Å². The Bertz CT molecular complexity index is 203. The fourth-order valence-electron chi connectivity index (χ4n) is 0.612. The molecule has 0 amide bonds. The van der Waals surface area contributed by atoms with Crippen molar-refractivity contribution in [2.75, 3.05) is 0 Å². The van der Waals surface area contributed by atoms with Gasteiger partial charge in [-0.1, -0.05) is 0 Å². The predicted octanol–water partition coefficient (Wildman–Crippen LogP) is -2.06. The van der Waals surface area contributed by atoms with E-state index in [0.717, 1.165) is 0 Å². The molecule has 1 aliphatic heterocycles. The van der Waals surface area contributed by atoms with Crippen LogP contribution in [0.3, 0.4) is 0 Å². The van der Waals surface area contributed by atoms with E-state index in [2.05, 4.69) is 9.47 Å². The summed E-state index contributed by atoms with van der Waals surface area (Å²) in [5.41, 5.74) is 10.1. The third-order valence-corrected chi connectivity index (χ3v) is 1.10. The zero-order valence-electron chi connectivity index (χ0n) is 6.73. The van der Waals surface area contributed by atoms with Crippen molar-refractivity contribution < 1.29 is 38.5 Å². The van der Waals surface area contributed by atoms with Crippen LogP contribution in [0.2, 0.25) is 0 Å². The van der Waals surface area contributed by atoms with E-state index in [9.17, 15) is 9.59 Å². The van der Waals surface area contributed by atoms with Crippen molar-refractivity contribution in [3.63, 3.8) is 0 Å². The Morgan fingerprint density at radius 1 is 1.38 bits per heavy atom. The molecule has 0 radical (unpaired) electrons. The molecule has 0 saturated carbocycles. The largest absolute Gasteiger partial charge is 2.00 e. The second-order valence-corrected chi connectivity index (χ2v) is 2.02. The zero-order chi connectivity index (χ0) is 8.43. The van der Waals surface area contributed by atoms with E-state index in [4.69, 9.17) is 11.5 Å². The fourth-order valence-corrected chi connectivity index (χ4v) is 0.612. The Labute approximate surface area is 94.5 Å². The number of rotatable bonds is 0. The maximum Gasteiger partial charge on any atom is 2.00 e. The van der Waals surface area contributed by atoms with Gasteiger partial charge in [-0.05, 0) is 0 Å². The summed E-state index contributed by atoms with van der Waals surface area (Å²) in [6, 6.07) is -0.983. The zero-order valence-corrected chi connectivity index (χ0v) is 10.6. The predicted molar refractivity (Wildman–Crippen MR) is 41.0 cm³/mol. The molecular weight excluding hydrogens is 250 g/mol. The molecule has 8 heteroatoms. The molecule has 1 heterocycles. The SMILES string of the molecule is N[C-]1OC(=O)CC(N)C(=O)O1.[SH-].[Zn+2]. The van der Waals surface area contributed by atoms with Crippen LogP contribution in [0.4, 0.5) is 0 Å². The third-order valence-electron chi connectivity index (χ3n) is 1.10. The van der Waals surface area contributed by atoms with E-state index in [1.54, 1.807) is 0 Å². The molecule has 70 valence electrons. The average molecular weight is 258 g/mol. The maximum atomic E-state index is 10.7. The number of esters is 2. The summed E-state index contributed by atoms with van der Waals surface area (Å²) in [5, 5.41) is 0. The first-order valence-electron chi connectivity index (χ1n) is 2.90. The van der Waals surface area contributed by atoms with Gasteiger partial charge in [-0.2, -0.15) is 0 Å². The van der Waals surface area contributed by atoms with Crippen molar-refractivity contribution in [3.05, 3.63) is 6.41 Å². The van der Waals surface area contributed by atoms with Gasteiger partial charge in [-0.3, -0.25) is 9.59 Å². The summed E-state index contributed by atoms with van der Waals surface area (Å²) in [6.45, 7) is 0. The summed E-state index contributed by atoms with van der Waals surface area (Å²) < 4.78 is 8.57. The van der Waals surface area contributed by atoms with Crippen LogP contribution < -0.4 is 11.5 Å². The van der Waals surface area contributed by atoms with Crippen LogP contribution in [0.25, 0.3) is 0 Å². The molecule has 0 aromatic rings. The van der Waals surface area contributed by atoms with E-state index in [1.165, 1.54) is 0 Å². The van der Waals surface area contributed by atoms with Crippen LogP contribution in [0, 0.1) is 6.41 Å². The average Bonchev–Trinajstić information content (AvgIpc) is 1.93. The second-order valence-electron chi connectivity index (χ2n) is 2.02. The van der Waals surface area contributed by atoms with Gasteiger partial charge in [0.25, 0.3) is 11.9 Å². The second kappa shape index (κ2) is 6.31. The van der Waals surface area contributed by atoms with Crippen molar-refractivity contribution in [2.24, 2.45) is 11.5 Å². The fraction of sp³-hybridized carbons (Fsp3) is 0.400. The summed E-state index contributed by atoms with van der Waals surface area (Å²) >= 11 is 0. The summed E-state index contributed by atoms with van der Waals surface area (Å²) in [4.78, 5) is 21.3. The van der Waals surface area contributed by atoms with Crippen molar-refractivity contribution in [1.82, 2.24) is 0 Å². The minimum Gasteiger partial charge on any atom is -0.813 e. The molecular formula is C5H8N2O4SZn. The van der Waals surface area contributed by atoms with Crippen LogP contribution in [0.5, 0.6) is 0 Å². The molecule has 4 N–H and O–H groups in total. The molecule has 0 aromatic heterocycles. The molecule has 13 heavy (non-hydrogen) atoms. The number of thiol groups is 1. The van der Waals surface area contributed by atoms with E-state index in [1.807, 2.05) is 0 Å². The Morgan fingerprint density at radius 2 is 1.92 bits per heavy atom. The Kier molecular flexibility index (Phi) is 7.43. The molecule has 1 unspecified atom stereocenters. The minimum atomic E-state index is -0.983. The van der Waals surface area contributed by atoms with E-state index in [0.29, 0.717) is 0 Å². The number of nitrogens with two attached hydrogens (primary N) is 2. The number of carbonyl (C=O) groups is 2. The van der Waals surface area contributed by atoms with Crippen LogP contribution >= 0.6 is 0 Å². The van der Waals surface area contributed by atoms with Crippen molar-refractivity contribution in [2.45, 2.75) is 12.5 Å². The molecule has 0 bridgehead atoms. The van der Waals surface area contributed by atoms with Gasteiger partial charge in [-0.25, -0.2) is 0 Å². The van der Waals surface area contributed by atoms with E-state index >= 15 is 0 Å². The van der Waals surface area contributed by atoms with Crippen molar-refractivity contribution in [3.8, 4) is 0 Å². The Hall–Kier alpha value is -0.167. The third kappa shape index (κ3) is 4.56.